The van der Waals surface area contributed by atoms with Crippen molar-refractivity contribution in [2.75, 3.05) is 19.5 Å². The summed E-state index contributed by atoms with van der Waals surface area (Å²) in [5.74, 6) is 0.771. The molecule has 1 atom stereocenters. The molecule has 0 unspecified atom stereocenters. The van der Waals surface area contributed by atoms with Gasteiger partial charge in [0.15, 0.2) is 16.4 Å². The number of rotatable bonds is 5. The molecule has 20 heavy (non-hydrogen) atoms. The zero-order valence-corrected chi connectivity index (χ0v) is 11.7. The van der Waals surface area contributed by atoms with Gasteiger partial charge in [-0.1, -0.05) is 0 Å². The molecule has 1 N–H and O–H groups in total. The molecule has 0 bridgehead atoms. The maximum absolute atomic E-state index is 11.6. The SMILES string of the molecule is COc1ccc(OCC(=O)N[C@@H]2C=CS(=O)(=O)C2)cc1. The molecule has 2 rings (SSSR count). The van der Waals surface area contributed by atoms with Crippen LogP contribution in [0.3, 0.4) is 0 Å². The second-order valence-corrected chi connectivity index (χ2v) is 6.23. The van der Waals surface area contributed by atoms with Gasteiger partial charge in [0.05, 0.1) is 18.9 Å². The van der Waals surface area contributed by atoms with Crippen molar-refractivity contribution >= 4 is 15.7 Å². The van der Waals surface area contributed by atoms with Crippen molar-refractivity contribution in [1.82, 2.24) is 5.32 Å². The van der Waals surface area contributed by atoms with E-state index in [0.717, 1.165) is 5.41 Å². The molecule has 0 radical (unpaired) electrons. The molecule has 0 saturated carbocycles. The van der Waals surface area contributed by atoms with Gasteiger partial charge in [-0.05, 0) is 30.3 Å². The Labute approximate surface area is 117 Å². The first-order chi connectivity index (χ1) is 9.48. The molecule has 6 nitrogen and oxygen atoms in total. The summed E-state index contributed by atoms with van der Waals surface area (Å²) in [5, 5.41) is 3.69. The summed E-state index contributed by atoms with van der Waals surface area (Å²) in [6.45, 7) is -0.170. The van der Waals surface area contributed by atoms with E-state index in [0.29, 0.717) is 11.5 Å². The van der Waals surface area contributed by atoms with Crippen LogP contribution in [0.15, 0.2) is 35.7 Å². The minimum Gasteiger partial charge on any atom is -0.497 e. The minimum atomic E-state index is -3.17. The summed E-state index contributed by atoms with van der Waals surface area (Å²) in [5.41, 5.74) is 0. The van der Waals surface area contributed by atoms with Crippen molar-refractivity contribution < 1.29 is 22.7 Å². The van der Waals surface area contributed by atoms with E-state index in [2.05, 4.69) is 5.32 Å². The highest BCUT2D eigenvalue weighted by Gasteiger charge is 2.22. The van der Waals surface area contributed by atoms with Crippen molar-refractivity contribution in [2.24, 2.45) is 0 Å². The fourth-order valence-electron chi connectivity index (χ4n) is 1.73. The predicted octanol–water partition coefficient (Wildman–Crippen LogP) is 0.501. The lowest BCUT2D eigenvalue weighted by molar-refractivity contribution is -0.123. The standard InChI is InChI=1S/C13H15NO5S/c1-18-11-2-4-12(5-3-11)19-8-13(15)14-10-6-7-20(16,17)9-10/h2-7,10H,8-9H2,1H3,(H,14,15)/t10-/m1/s1. The van der Waals surface area contributed by atoms with E-state index < -0.39 is 15.9 Å². The molecule has 0 fully saturated rings. The third kappa shape index (κ3) is 3.99. The maximum atomic E-state index is 11.6. The van der Waals surface area contributed by atoms with Crippen molar-refractivity contribution in [1.29, 1.82) is 0 Å². The average Bonchev–Trinajstić information content (AvgIpc) is 2.76. The Kier molecular flexibility index (Phi) is 4.29. The maximum Gasteiger partial charge on any atom is 0.258 e. The van der Waals surface area contributed by atoms with Gasteiger partial charge in [0, 0.05) is 5.41 Å². The van der Waals surface area contributed by atoms with Gasteiger partial charge in [-0.25, -0.2) is 8.42 Å². The number of hydrogen-bond donors (Lipinski definition) is 1. The van der Waals surface area contributed by atoms with Crippen LogP contribution >= 0.6 is 0 Å². The van der Waals surface area contributed by atoms with Crippen LogP contribution in [0.2, 0.25) is 0 Å². The first-order valence-electron chi connectivity index (χ1n) is 5.96. The van der Waals surface area contributed by atoms with Gasteiger partial charge in [-0.3, -0.25) is 4.79 Å². The topological polar surface area (TPSA) is 81.7 Å². The number of hydrogen-bond acceptors (Lipinski definition) is 5. The molecular formula is C13H15NO5S. The van der Waals surface area contributed by atoms with Crippen molar-refractivity contribution in [3.8, 4) is 11.5 Å². The molecule has 0 spiro atoms. The van der Waals surface area contributed by atoms with Gasteiger partial charge in [0.1, 0.15) is 11.5 Å². The van der Waals surface area contributed by atoms with E-state index in [9.17, 15) is 13.2 Å². The Bertz CT molecular complexity index is 606. The molecule has 1 aliphatic rings. The third-order valence-electron chi connectivity index (χ3n) is 2.71. The molecule has 1 amide bonds. The first-order valence-corrected chi connectivity index (χ1v) is 7.67. The van der Waals surface area contributed by atoms with Crippen molar-refractivity contribution in [3.63, 3.8) is 0 Å². The summed E-state index contributed by atoms with van der Waals surface area (Å²) in [6, 6.07) is 6.34. The minimum absolute atomic E-state index is 0.0960. The van der Waals surface area contributed by atoms with Crippen LogP contribution in [0.25, 0.3) is 0 Å². The molecule has 1 heterocycles. The predicted molar refractivity (Wildman–Crippen MR) is 73.3 cm³/mol. The number of methoxy groups -OCH3 is 1. The normalized spacial score (nSPS) is 19.6. The van der Waals surface area contributed by atoms with Crippen LogP contribution in [0.5, 0.6) is 11.5 Å². The average molecular weight is 297 g/mol. The number of benzene rings is 1. The van der Waals surface area contributed by atoms with E-state index in [-0.39, 0.29) is 18.3 Å². The Hall–Kier alpha value is -2.02. The quantitative estimate of drug-likeness (QED) is 0.856. The molecule has 1 aromatic carbocycles. The van der Waals surface area contributed by atoms with E-state index in [1.165, 1.54) is 6.08 Å². The fraction of sp³-hybridized carbons (Fsp3) is 0.308. The van der Waals surface area contributed by atoms with Crippen LogP contribution in [0.1, 0.15) is 0 Å². The number of nitrogens with one attached hydrogen (secondary N) is 1. The molecule has 0 aliphatic carbocycles. The Balaban J connectivity index is 1.79. The summed E-state index contributed by atoms with van der Waals surface area (Å²) in [4.78, 5) is 11.6. The lowest BCUT2D eigenvalue weighted by Crippen LogP contribution is -2.38. The Morgan fingerprint density at radius 2 is 1.95 bits per heavy atom. The van der Waals surface area contributed by atoms with E-state index in [1.807, 2.05) is 0 Å². The highest BCUT2D eigenvalue weighted by Crippen LogP contribution is 2.16. The van der Waals surface area contributed by atoms with Gasteiger partial charge >= 0.3 is 0 Å². The molecule has 1 aromatic rings. The van der Waals surface area contributed by atoms with Crippen LogP contribution in [-0.4, -0.2) is 39.8 Å². The van der Waals surface area contributed by atoms with Crippen LogP contribution < -0.4 is 14.8 Å². The number of amides is 1. The summed E-state index contributed by atoms with van der Waals surface area (Å²) in [7, 11) is -1.60. The Morgan fingerprint density at radius 1 is 1.30 bits per heavy atom. The first kappa shape index (κ1) is 14.4. The van der Waals surface area contributed by atoms with E-state index in [4.69, 9.17) is 9.47 Å². The number of ether oxygens (including phenoxy) is 2. The lowest BCUT2D eigenvalue weighted by atomic mass is 10.3. The third-order valence-corrected chi connectivity index (χ3v) is 4.10. The summed E-state index contributed by atoms with van der Waals surface area (Å²) >= 11 is 0. The Morgan fingerprint density at radius 3 is 2.50 bits per heavy atom. The van der Waals surface area contributed by atoms with E-state index >= 15 is 0 Å². The zero-order chi connectivity index (χ0) is 14.6. The monoisotopic (exact) mass is 297 g/mol. The van der Waals surface area contributed by atoms with Crippen LogP contribution in [0, 0.1) is 0 Å². The van der Waals surface area contributed by atoms with Gasteiger partial charge in [0.25, 0.3) is 5.91 Å². The highest BCUT2D eigenvalue weighted by atomic mass is 32.2. The molecule has 0 saturated heterocycles. The van der Waals surface area contributed by atoms with Crippen LogP contribution in [0.4, 0.5) is 0 Å². The van der Waals surface area contributed by atoms with Gasteiger partial charge < -0.3 is 14.8 Å². The zero-order valence-electron chi connectivity index (χ0n) is 10.9. The van der Waals surface area contributed by atoms with Gasteiger partial charge in [-0.15, -0.1) is 0 Å². The number of carbonyl (C=O) groups excluding carboxylic acids is 1. The second-order valence-electron chi connectivity index (χ2n) is 4.30. The molecule has 1 aliphatic heterocycles. The summed E-state index contributed by atoms with van der Waals surface area (Å²) < 4.78 is 32.7. The highest BCUT2D eigenvalue weighted by molar-refractivity contribution is 7.94. The number of carbonyl (C=O) groups is 1. The second kappa shape index (κ2) is 5.96. The van der Waals surface area contributed by atoms with Crippen molar-refractivity contribution in [3.05, 3.63) is 35.7 Å². The molecule has 7 heteroatoms. The van der Waals surface area contributed by atoms with Gasteiger partial charge in [0.2, 0.25) is 0 Å². The lowest BCUT2D eigenvalue weighted by Gasteiger charge is -2.11. The van der Waals surface area contributed by atoms with E-state index in [1.54, 1.807) is 31.4 Å². The molecule has 0 aromatic heterocycles. The largest absolute Gasteiger partial charge is 0.497 e. The summed E-state index contributed by atoms with van der Waals surface area (Å²) in [6.07, 6.45) is 1.46. The molecular weight excluding hydrogens is 282 g/mol. The van der Waals surface area contributed by atoms with Gasteiger partial charge in [-0.2, -0.15) is 0 Å². The smallest absolute Gasteiger partial charge is 0.258 e. The number of sulfone groups is 1. The van der Waals surface area contributed by atoms with Crippen molar-refractivity contribution in [2.45, 2.75) is 6.04 Å². The molecule has 108 valence electrons. The van der Waals surface area contributed by atoms with Crippen LogP contribution in [-0.2, 0) is 14.6 Å². The fourth-order valence-corrected chi connectivity index (χ4v) is 2.97.